The van der Waals surface area contributed by atoms with Crippen LogP contribution >= 0.6 is 0 Å². The minimum Gasteiger partial charge on any atom is -0.459 e. The molecule has 4 aromatic rings. The van der Waals surface area contributed by atoms with Gasteiger partial charge in [0, 0.05) is 31.7 Å². The molecule has 5 rings (SSSR count). The van der Waals surface area contributed by atoms with Gasteiger partial charge in [-0.15, -0.1) is 0 Å². The molecule has 1 saturated heterocycles. The smallest absolute Gasteiger partial charge is 0.451 e. The average molecular weight is 576 g/mol. The number of halogens is 4. The van der Waals surface area contributed by atoms with Crippen molar-refractivity contribution in [1.82, 2.24) is 14.9 Å². The molecule has 1 aliphatic rings. The molecular formula is C26H21F4N5O4S. The lowest BCUT2D eigenvalue weighted by molar-refractivity contribution is -0.144. The molecule has 0 saturated carbocycles. The summed E-state index contributed by atoms with van der Waals surface area (Å²) in [6.45, 7) is 0.498. The first-order valence-corrected chi connectivity index (χ1v) is 13.4. The molecule has 1 aliphatic heterocycles. The number of anilines is 1. The summed E-state index contributed by atoms with van der Waals surface area (Å²) in [6.07, 6.45) is -3.57. The van der Waals surface area contributed by atoms with Crippen molar-refractivity contribution in [3.8, 4) is 22.4 Å². The fourth-order valence-corrected chi connectivity index (χ4v) is 4.95. The van der Waals surface area contributed by atoms with Gasteiger partial charge in [0.2, 0.25) is 15.8 Å². The van der Waals surface area contributed by atoms with Crippen LogP contribution < -0.4 is 10.0 Å². The molecule has 0 aliphatic carbocycles. The van der Waals surface area contributed by atoms with Gasteiger partial charge < -0.3 is 14.2 Å². The third-order valence-corrected chi connectivity index (χ3v) is 7.22. The summed E-state index contributed by atoms with van der Waals surface area (Å²) in [5.41, 5.74) is 0.246. The van der Waals surface area contributed by atoms with E-state index in [0.717, 1.165) is 12.1 Å². The standard InChI is InChI=1S/C26H21F4N5O4S/c27-18-8-6-16(7-9-18)22-21(17-3-1-4-19(15-17)40(31,37)38)23(33-25(32-22)26(28,29)30)34-10-12-35(13-11-34)24(36)20-5-2-14-39-20/h1-9,14-15H,10-13H2,(H2,31,37,38). The van der Waals surface area contributed by atoms with E-state index in [1.54, 1.807) is 11.0 Å². The highest BCUT2D eigenvalue weighted by Crippen LogP contribution is 2.41. The number of carbonyl (C=O) groups is 1. The lowest BCUT2D eigenvalue weighted by Crippen LogP contribution is -2.49. The maximum absolute atomic E-state index is 14.0. The molecule has 0 spiro atoms. The molecule has 0 radical (unpaired) electrons. The third kappa shape index (κ3) is 5.53. The molecule has 40 heavy (non-hydrogen) atoms. The van der Waals surface area contributed by atoms with Crippen LogP contribution in [-0.4, -0.2) is 55.4 Å². The summed E-state index contributed by atoms with van der Waals surface area (Å²) < 4.78 is 85.1. The average Bonchev–Trinajstić information content (AvgIpc) is 3.47. The first kappa shape index (κ1) is 27.3. The number of nitrogens with zero attached hydrogens (tertiary/aromatic N) is 4. The lowest BCUT2D eigenvalue weighted by Gasteiger charge is -2.36. The predicted molar refractivity (Wildman–Crippen MR) is 136 cm³/mol. The Balaban J connectivity index is 1.66. The molecule has 2 N–H and O–H groups in total. The van der Waals surface area contributed by atoms with Crippen molar-refractivity contribution in [1.29, 1.82) is 0 Å². The van der Waals surface area contributed by atoms with Crippen LogP contribution in [0.25, 0.3) is 22.4 Å². The SMILES string of the molecule is NS(=O)(=O)c1cccc(-c2c(-c3ccc(F)cc3)nc(C(F)(F)F)nc2N2CCN(C(=O)c3ccco3)CC2)c1. The number of alkyl halides is 3. The Morgan fingerprint density at radius 2 is 1.62 bits per heavy atom. The Labute approximate surface area is 225 Å². The number of carbonyl (C=O) groups excluding carboxylic acids is 1. The van der Waals surface area contributed by atoms with Crippen LogP contribution in [0, 0.1) is 5.82 Å². The number of piperazine rings is 1. The van der Waals surface area contributed by atoms with E-state index in [1.807, 2.05) is 0 Å². The Morgan fingerprint density at radius 3 is 2.23 bits per heavy atom. The zero-order valence-corrected chi connectivity index (χ0v) is 21.4. The van der Waals surface area contributed by atoms with E-state index in [9.17, 15) is 30.8 Å². The van der Waals surface area contributed by atoms with E-state index >= 15 is 0 Å². The van der Waals surface area contributed by atoms with Crippen molar-refractivity contribution < 1.29 is 35.2 Å². The van der Waals surface area contributed by atoms with E-state index in [0.29, 0.717) is 0 Å². The van der Waals surface area contributed by atoms with Gasteiger partial charge in [0.05, 0.1) is 22.4 Å². The summed E-state index contributed by atoms with van der Waals surface area (Å²) in [4.78, 5) is 23.2. The number of rotatable bonds is 5. The number of sulfonamides is 1. The second-order valence-electron chi connectivity index (χ2n) is 8.93. The van der Waals surface area contributed by atoms with E-state index < -0.39 is 27.8 Å². The first-order chi connectivity index (χ1) is 18.9. The highest BCUT2D eigenvalue weighted by atomic mass is 32.2. The van der Waals surface area contributed by atoms with Crippen molar-refractivity contribution in [2.75, 3.05) is 31.1 Å². The molecule has 2 aromatic carbocycles. The van der Waals surface area contributed by atoms with Crippen LogP contribution in [0.2, 0.25) is 0 Å². The van der Waals surface area contributed by atoms with Gasteiger partial charge in [-0.2, -0.15) is 13.2 Å². The van der Waals surface area contributed by atoms with E-state index in [2.05, 4.69) is 9.97 Å². The topological polar surface area (TPSA) is 123 Å². The second kappa shape index (κ2) is 10.4. The predicted octanol–water partition coefficient (Wildman–Crippen LogP) is 4.17. The molecule has 2 aromatic heterocycles. The quantitative estimate of drug-likeness (QED) is 0.355. The van der Waals surface area contributed by atoms with Crippen molar-refractivity contribution in [3.05, 3.63) is 84.3 Å². The molecule has 208 valence electrons. The van der Waals surface area contributed by atoms with Gasteiger partial charge in [-0.05, 0) is 54.1 Å². The van der Waals surface area contributed by atoms with Gasteiger partial charge in [0.1, 0.15) is 11.6 Å². The summed E-state index contributed by atoms with van der Waals surface area (Å²) in [6, 6.07) is 13.1. The molecular weight excluding hydrogens is 554 g/mol. The number of hydrogen-bond donors (Lipinski definition) is 1. The molecule has 0 unspecified atom stereocenters. The zero-order valence-electron chi connectivity index (χ0n) is 20.6. The van der Waals surface area contributed by atoms with Crippen molar-refractivity contribution >= 4 is 21.7 Å². The Morgan fingerprint density at radius 1 is 0.925 bits per heavy atom. The van der Waals surface area contributed by atoms with Crippen LogP contribution in [-0.2, 0) is 16.2 Å². The van der Waals surface area contributed by atoms with Gasteiger partial charge in [-0.3, -0.25) is 4.79 Å². The number of hydrogen-bond acceptors (Lipinski definition) is 7. The number of aromatic nitrogens is 2. The molecule has 0 bridgehead atoms. The maximum atomic E-state index is 14.0. The van der Waals surface area contributed by atoms with Crippen LogP contribution in [0.1, 0.15) is 16.4 Å². The Kier molecular flexibility index (Phi) is 7.06. The third-order valence-electron chi connectivity index (χ3n) is 6.31. The summed E-state index contributed by atoms with van der Waals surface area (Å²) >= 11 is 0. The van der Waals surface area contributed by atoms with Crippen LogP contribution in [0.3, 0.4) is 0 Å². The number of primary sulfonamides is 1. The number of nitrogens with two attached hydrogens (primary N) is 1. The second-order valence-corrected chi connectivity index (χ2v) is 10.5. The summed E-state index contributed by atoms with van der Waals surface area (Å²) in [5.74, 6) is -2.39. The molecule has 14 heteroatoms. The fourth-order valence-electron chi connectivity index (χ4n) is 4.39. The Bertz CT molecular complexity index is 1650. The minimum atomic E-state index is -4.93. The van der Waals surface area contributed by atoms with E-state index in [4.69, 9.17) is 9.56 Å². The molecule has 9 nitrogen and oxygen atoms in total. The van der Waals surface area contributed by atoms with E-state index in [-0.39, 0.29) is 70.9 Å². The van der Waals surface area contributed by atoms with Gasteiger partial charge in [0.15, 0.2) is 5.76 Å². The van der Waals surface area contributed by atoms with Crippen LogP contribution in [0.5, 0.6) is 0 Å². The van der Waals surface area contributed by atoms with Crippen molar-refractivity contribution in [2.24, 2.45) is 5.14 Å². The number of amides is 1. The molecule has 1 amide bonds. The van der Waals surface area contributed by atoms with Crippen molar-refractivity contribution in [3.63, 3.8) is 0 Å². The molecule has 0 atom stereocenters. The maximum Gasteiger partial charge on any atom is 0.451 e. The monoisotopic (exact) mass is 575 g/mol. The number of benzene rings is 2. The van der Waals surface area contributed by atoms with Gasteiger partial charge in [-0.1, -0.05) is 12.1 Å². The largest absolute Gasteiger partial charge is 0.459 e. The molecule has 3 heterocycles. The Hall–Kier alpha value is -4.30. The minimum absolute atomic E-state index is 0.0934. The first-order valence-electron chi connectivity index (χ1n) is 11.9. The van der Waals surface area contributed by atoms with Gasteiger partial charge in [0.25, 0.3) is 5.91 Å². The van der Waals surface area contributed by atoms with Crippen molar-refractivity contribution in [2.45, 2.75) is 11.1 Å². The molecule has 1 fully saturated rings. The highest BCUT2D eigenvalue weighted by molar-refractivity contribution is 7.89. The summed E-state index contributed by atoms with van der Waals surface area (Å²) in [5, 5.41) is 5.31. The highest BCUT2D eigenvalue weighted by Gasteiger charge is 2.38. The van der Waals surface area contributed by atoms with Crippen LogP contribution in [0.4, 0.5) is 23.4 Å². The zero-order chi connectivity index (χ0) is 28.7. The van der Waals surface area contributed by atoms with Gasteiger partial charge in [-0.25, -0.2) is 27.9 Å². The van der Waals surface area contributed by atoms with E-state index in [1.165, 1.54) is 53.6 Å². The van der Waals surface area contributed by atoms with Gasteiger partial charge >= 0.3 is 6.18 Å². The van der Waals surface area contributed by atoms with Crippen LogP contribution in [0.15, 0.2) is 76.2 Å². The number of furan rings is 1. The lowest BCUT2D eigenvalue weighted by atomic mass is 9.98. The fraction of sp³-hybridized carbons (Fsp3) is 0.192. The normalized spacial score (nSPS) is 14.4. The summed E-state index contributed by atoms with van der Waals surface area (Å²) in [7, 11) is -4.16.